The van der Waals surface area contributed by atoms with Crippen LogP contribution in [0.25, 0.3) is 0 Å². The molecule has 2 N–H and O–H groups in total. The van der Waals surface area contributed by atoms with Gasteiger partial charge in [0.15, 0.2) is 0 Å². The zero-order valence-electron chi connectivity index (χ0n) is 13.7. The lowest BCUT2D eigenvalue weighted by atomic mass is 10.3. The summed E-state index contributed by atoms with van der Waals surface area (Å²) in [4.78, 5) is 20.5. The molecule has 0 spiro atoms. The highest BCUT2D eigenvalue weighted by Gasteiger charge is 2.10. The summed E-state index contributed by atoms with van der Waals surface area (Å²) < 4.78 is 5.41. The van der Waals surface area contributed by atoms with Crippen molar-refractivity contribution < 1.29 is 9.53 Å². The molecule has 1 heterocycles. The molecule has 0 radical (unpaired) electrons. The fraction of sp³-hybridized carbons (Fsp3) is 0.353. The van der Waals surface area contributed by atoms with E-state index in [-0.39, 0.29) is 5.91 Å². The standard InChI is InChI=1S/C17H22N4O2/c1-4-10-18-17(22)15-11-16(20-12(3)19-15)21-13-6-8-14(9-7-13)23-5-2/h6-9,11H,4-5,10H2,1-3H3,(H,18,22)(H,19,20,21). The molecule has 23 heavy (non-hydrogen) atoms. The summed E-state index contributed by atoms with van der Waals surface area (Å²) in [5, 5.41) is 5.99. The molecule has 0 unspecified atom stereocenters. The summed E-state index contributed by atoms with van der Waals surface area (Å²) >= 11 is 0. The summed E-state index contributed by atoms with van der Waals surface area (Å²) in [5.74, 6) is 1.76. The van der Waals surface area contributed by atoms with Crippen LogP contribution in [0.3, 0.4) is 0 Å². The van der Waals surface area contributed by atoms with E-state index >= 15 is 0 Å². The predicted molar refractivity (Wildman–Crippen MR) is 90.3 cm³/mol. The summed E-state index contributed by atoms with van der Waals surface area (Å²) in [6, 6.07) is 9.22. The molecule has 1 amide bonds. The molecular formula is C17H22N4O2. The monoisotopic (exact) mass is 314 g/mol. The molecule has 2 aromatic rings. The van der Waals surface area contributed by atoms with E-state index in [1.54, 1.807) is 13.0 Å². The summed E-state index contributed by atoms with van der Waals surface area (Å²) in [7, 11) is 0. The van der Waals surface area contributed by atoms with Gasteiger partial charge in [0, 0.05) is 18.3 Å². The van der Waals surface area contributed by atoms with Crippen LogP contribution in [0.1, 0.15) is 36.6 Å². The van der Waals surface area contributed by atoms with Gasteiger partial charge >= 0.3 is 0 Å². The van der Waals surface area contributed by atoms with Gasteiger partial charge in [0.1, 0.15) is 23.1 Å². The summed E-state index contributed by atoms with van der Waals surface area (Å²) in [6.45, 7) is 6.98. The number of carbonyl (C=O) groups is 1. The van der Waals surface area contributed by atoms with E-state index in [4.69, 9.17) is 4.74 Å². The number of benzene rings is 1. The first kappa shape index (κ1) is 16.7. The van der Waals surface area contributed by atoms with Gasteiger partial charge in [-0.1, -0.05) is 6.92 Å². The second kappa shape index (κ2) is 8.12. The number of aryl methyl sites for hydroxylation is 1. The van der Waals surface area contributed by atoms with Crippen LogP contribution in [0.15, 0.2) is 30.3 Å². The highest BCUT2D eigenvalue weighted by atomic mass is 16.5. The Labute approximate surface area is 136 Å². The molecule has 6 heteroatoms. The van der Waals surface area contributed by atoms with Crippen molar-refractivity contribution in [2.24, 2.45) is 0 Å². The van der Waals surface area contributed by atoms with E-state index in [0.29, 0.717) is 30.5 Å². The number of hydrogen-bond donors (Lipinski definition) is 2. The lowest BCUT2D eigenvalue weighted by Gasteiger charge is -2.10. The maximum absolute atomic E-state index is 12.0. The van der Waals surface area contributed by atoms with Gasteiger partial charge in [-0.25, -0.2) is 9.97 Å². The SMILES string of the molecule is CCCNC(=O)c1cc(Nc2ccc(OCC)cc2)nc(C)n1. The van der Waals surface area contributed by atoms with Crippen molar-refractivity contribution in [3.8, 4) is 5.75 Å². The Balaban J connectivity index is 2.13. The molecule has 1 aromatic carbocycles. The molecule has 0 fully saturated rings. The number of aromatic nitrogens is 2. The third-order valence-electron chi connectivity index (χ3n) is 3.04. The Morgan fingerprint density at radius 3 is 2.57 bits per heavy atom. The van der Waals surface area contributed by atoms with Gasteiger partial charge in [-0.2, -0.15) is 0 Å². The molecule has 0 aliphatic rings. The first-order valence-corrected chi connectivity index (χ1v) is 7.76. The predicted octanol–water partition coefficient (Wildman–Crippen LogP) is 3.07. The van der Waals surface area contributed by atoms with E-state index < -0.39 is 0 Å². The molecule has 2 rings (SSSR count). The minimum Gasteiger partial charge on any atom is -0.494 e. The minimum absolute atomic E-state index is 0.188. The van der Waals surface area contributed by atoms with Crippen molar-refractivity contribution in [2.75, 3.05) is 18.5 Å². The number of rotatable bonds is 7. The molecule has 0 aliphatic carbocycles. The Morgan fingerprint density at radius 2 is 1.91 bits per heavy atom. The fourth-order valence-corrected chi connectivity index (χ4v) is 2.03. The second-order valence-electron chi connectivity index (χ2n) is 5.02. The molecule has 0 saturated carbocycles. The molecule has 0 aliphatic heterocycles. The van der Waals surface area contributed by atoms with Gasteiger partial charge in [0.2, 0.25) is 0 Å². The van der Waals surface area contributed by atoms with Crippen molar-refractivity contribution in [1.82, 2.24) is 15.3 Å². The molecule has 0 bridgehead atoms. The second-order valence-corrected chi connectivity index (χ2v) is 5.02. The normalized spacial score (nSPS) is 10.2. The van der Waals surface area contributed by atoms with Gasteiger partial charge < -0.3 is 15.4 Å². The largest absolute Gasteiger partial charge is 0.494 e. The lowest BCUT2D eigenvalue weighted by Crippen LogP contribution is -2.25. The number of amides is 1. The van der Waals surface area contributed by atoms with E-state index in [2.05, 4.69) is 20.6 Å². The van der Waals surface area contributed by atoms with Gasteiger partial charge in [0.05, 0.1) is 6.61 Å². The molecule has 1 aromatic heterocycles. The zero-order valence-corrected chi connectivity index (χ0v) is 13.7. The van der Waals surface area contributed by atoms with Gasteiger partial charge in [0.25, 0.3) is 5.91 Å². The Bertz CT molecular complexity index is 656. The van der Waals surface area contributed by atoms with E-state index in [0.717, 1.165) is 17.9 Å². The number of nitrogens with zero attached hydrogens (tertiary/aromatic N) is 2. The number of carbonyl (C=O) groups excluding carboxylic acids is 1. The summed E-state index contributed by atoms with van der Waals surface area (Å²) in [5.41, 5.74) is 1.23. The third kappa shape index (κ3) is 4.95. The Morgan fingerprint density at radius 1 is 1.17 bits per heavy atom. The van der Waals surface area contributed by atoms with Gasteiger partial charge in [-0.05, 0) is 44.5 Å². The van der Waals surface area contributed by atoms with Crippen molar-refractivity contribution in [2.45, 2.75) is 27.2 Å². The number of nitrogens with one attached hydrogen (secondary N) is 2. The third-order valence-corrected chi connectivity index (χ3v) is 3.04. The first-order chi connectivity index (χ1) is 11.1. The van der Waals surface area contributed by atoms with Crippen LogP contribution in [0.2, 0.25) is 0 Å². The number of anilines is 2. The van der Waals surface area contributed by atoms with Crippen LogP contribution in [-0.2, 0) is 0 Å². The van der Waals surface area contributed by atoms with Crippen molar-refractivity contribution in [1.29, 1.82) is 0 Å². The highest BCUT2D eigenvalue weighted by molar-refractivity contribution is 5.93. The van der Waals surface area contributed by atoms with Crippen molar-refractivity contribution >= 4 is 17.4 Å². The molecule has 122 valence electrons. The van der Waals surface area contributed by atoms with Gasteiger partial charge in [-0.15, -0.1) is 0 Å². The van der Waals surface area contributed by atoms with Crippen LogP contribution in [-0.4, -0.2) is 29.0 Å². The van der Waals surface area contributed by atoms with E-state index in [1.807, 2.05) is 38.1 Å². The molecule has 0 saturated heterocycles. The topological polar surface area (TPSA) is 76.1 Å². The van der Waals surface area contributed by atoms with Crippen LogP contribution >= 0.6 is 0 Å². The average molecular weight is 314 g/mol. The smallest absolute Gasteiger partial charge is 0.270 e. The van der Waals surface area contributed by atoms with Crippen LogP contribution in [0.5, 0.6) is 5.75 Å². The maximum Gasteiger partial charge on any atom is 0.270 e. The van der Waals surface area contributed by atoms with E-state index in [1.165, 1.54) is 0 Å². The van der Waals surface area contributed by atoms with Crippen molar-refractivity contribution in [3.63, 3.8) is 0 Å². The lowest BCUT2D eigenvalue weighted by molar-refractivity contribution is 0.0948. The fourth-order valence-electron chi connectivity index (χ4n) is 2.03. The quantitative estimate of drug-likeness (QED) is 0.821. The zero-order chi connectivity index (χ0) is 16.7. The first-order valence-electron chi connectivity index (χ1n) is 7.76. The Kier molecular flexibility index (Phi) is 5.91. The van der Waals surface area contributed by atoms with E-state index in [9.17, 15) is 4.79 Å². The maximum atomic E-state index is 12.0. The Hall–Kier alpha value is -2.63. The minimum atomic E-state index is -0.188. The van der Waals surface area contributed by atoms with Crippen LogP contribution in [0, 0.1) is 6.92 Å². The van der Waals surface area contributed by atoms with Gasteiger partial charge in [-0.3, -0.25) is 4.79 Å². The molecule has 0 atom stereocenters. The molecular weight excluding hydrogens is 292 g/mol. The molecule has 6 nitrogen and oxygen atoms in total. The van der Waals surface area contributed by atoms with Crippen LogP contribution in [0.4, 0.5) is 11.5 Å². The highest BCUT2D eigenvalue weighted by Crippen LogP contribution is 2.19. The van der Waals surface area contributed by atoms with Crippen molar-refractivity contribution in [3.05, 3.63) is 41.9 Å². The summed E-state index contributed by atoms with van der Waals surface area (Å²) in [6.07, 6.45) is 0.882. The average Bonchev–Trinajstić information content (AvgIpc) is 2.54. The number of ether oxygens (including phenoxy) is 1. The number of hydrogen-bond acceptors (Lipinski definition) is 5. The van der Waals surface area contributed by atoms with Crippen LogP contribution < -0.4 is 15.4 Å².